The maximum absolute atomic E-state index is 6.10. The van der Waals surface area contributed by atoms with Crippen LogP contribution in [0.1, 0.15) is 49.7 Å². The van der Waals surface area contributed by atoms with Crippen molar-refractivity contribution in [2.75, 3.05) is 50.2 Å². The Kier molecular flexibility index (Phi) is 14.6. The van der Waals surface area contributed by atoms with Crippen LogP contribution in [0.3, 0.4) is 0 Å². The molecule has 0 amide bonds. The second kappa shape index (κ2) is 21.8. The highest BCUT2D eigenvalue weighted by molar-refractivity contribution is 5.92. The molecule has 318 valence electrons. The molecule has 8 aromatic rings. The fourth-order valence-corrected chi connectivity index (χ4v) is 7.14. The van der Waals surface area contributed by atoms with E-state index in [1.54, 1.807) is 24.8 Å². The zero-order valence-corrected chi connectivity index (χ0v) is 36.3. The van der Waals surface area contributed by atoms with Gasteiger partial charge in [-0.2, -0.15) is 0 Å². The molecule has 4 aromatic heterocycles. The molecule has 0 radical (unpaired) electrons. The SMILES string of the molecule is CN(CCOc1ccc(C#CCCCCCCC#Cc2ccc(OCCN(C)c3nc(-c4cccnc4)nc4ccccc34)cc2)cc1)c1nc(-c2cccnc2)nc2ccccc12. The number of pyridine rings is 2. The Bertz CT molecular complexity index is 2690. The van der Waals surface area contributed by atoms with Gasteiger partial charge in [-0.15, -0.1) is 0 Å². The van der Waals surface area contributed by atoms with Gasteiger partial charge in [0.15, 0.2) is 11.6 Å². The van der Waals surface area contributed by atoms with E-state index < -0.39 is 0 Å². The summed E-state index contributed by atoms with van der Waals surface area (Å²) >= 11 is 0. The number of para-hydroxylation sites is 2. The minimum absolute atomic E-state index is 0.511. The van der Waals surface area contributed by atoms with Crippen molar-refractivity contribution in [3.63, 3.8) is 0 Å². The lowest BCUT2D eigenvalue weighted by atomic mass is 10.1. The molecule has 0 unspecified atom stereocenters. The number of anilines is 2. The van der Waals surface area contributed by atoms with Crippen LogP contribution in [0.5, 0.6) is 11.5 Å². The average Bonchev–Trinajstić information content (AvgIpc) is 3.35. The first-order valence-corrected chi connectivity index (χ1v) is 21.8. The highest BCUT2D eigenvalue weighted by Crippen LogP contribution is 2.28. The van der Waals surface area contributed by atoms with Crippen LogP contribution < -0.4 is 19.3 Å². The third-order valence-electron chi connectivity index (χ3n) is 10.6. The van der Waals surface area contributed by atoms with Gasteiger partial charge in [-0.3, -0.25) is 9.97 Å². The number of fused-ring (bicyclic) bond motifs is 2. The van der Waals surface area contributed by atoms with Gasteiger partial charge in [0.2, 0.25) is 0 Å². The lowest BCUT2D eigenvalue weighted by molar-refractivity contribution is 0.325. The Morgan fingerprint density at radius 2 is 0.906 bits per heavy atom. The number of hydrogen-bond donors (Lipinski definition) is 0. The summed E-state index contributed by atoms with van der Waals surface area (Å²) in [5.74, 6) is 17.9. The molecular weight excluding hydrogens is 793 g/mol. The molecule has 0 fully saturated rings. The molecular formula is C54H50N8O2. The van der Waals surface area contributed by atoms with Crippen LogP contribution in [0.2, 0.25) is 0 Å². The van der Waals surface area contributed by atoms with E-state index in [0.29, 0.717) is 38.0 Å². The van der Waals surface area contributed by atoms with E-state index in [2.05, 4.69) is 55.6 Å². The second-order valence-corrected chi connectivity index (χ2v) is 15.4. The van der Waals surface area contributed by atoms with Crippen molar-refractivity contribution in [1.29, 1.82) is 0 Å². The van der Waals surface area contributed by atoms with Gasteiger partial charge < -0.3 is 19.3 Å². The van der Waals surface area contributed by atoms with Gasteiger partial charge in [-0.1, -0.05) is 60.8 Å². The Morgan fingerprint density at radius 1 is 0.469 bits per heavy atom. The van der Waals surface area contributed by atoms with E-state index in [1.807, 2.05) is 123 Å². The molecule has 0 aliphatic carbocycles. The first-order valence-electron chi connectivity index (χ1n) is 21.8. The van der Waals surface area contributed by atoms with Crippen molar-refractivity contribution in [1.82, 2.24) is 29.9 Å². The predicted molar refractivity (Wildman–Crippen MR) is 257 cm³/mol. The van der Waals surface area contributed by atoms with Crippen LogP contribution in [0.4, 0.5) is 11.6 Å². The molecule has 4 heterocycles. The Balaban J connectivity index is 0.704. The molecule has 10 heteroatoms. The molecule has 4 aromatic carbocycles. The summed E-state index contributed by atoms with van der Waals surface area (Å²) in [5, 5.41) is 2.00. The Labute approximate surface area is 375 Å². The van der Waals surface area contributed by atoms with Crippen molar-refractivity contribution in [2.45, 2.75) is 38.5 Å². The standard InChI is InChI=1S/C54H50N8O2/c1-61(53-47-21-11-13-23-49(47)57-51(59-53)43-19-15-33-55-39-43)35-37-63-45-29-25-41(26-30-45)17-9-7-5-3-4-6-8-10-18-42-27-31-46(32-28-42)64-38-36-62(2)54-48-22-12-14-24-50(48)58-52(60-54)44-20-16-34-56-40-44/h11-16,19-34,39-40H,3-8,35-38H2,1-2H3. The normalized spacial score (nSPS) is 10.7. The van der Waals surface area contributed by atoms with Gasteiger partial charge >= 0.3 is 0 Å². The van der Waals surface area contributed by atoms with Gasteiger partial charge in [0, 0.05) is 84.8 Å². The predicted octanol–water partition coefficient (Wildman–Crippen LogP) is 10.5. The highest BCUT2D eigenvalue weighted by atomic mass is 16.5. The minimum atomic E-state index is 0.511. The van der Waals surface area contributed by atoms with Crippen molar-refractivity contribution in [2.24, 2.45) is 0 Å². The molecule has 0 aliphatic rings. The topological polar surface area (TPSA) is 102 Å². The summed E-state index contributed by atoms with van der Waals surface area (Å²) in [6.45, 7) is 2.34. The molecule has 0 aliphatic heterocycles. The van der Waals surface area contributed by atoms with Crippen LogP contribution in [-0.4, -0.2) is 70.3 Å². The van der Waals surface area contributed by atoms with Crippen molar-refractivity contribution >= 4 is 33.4 Å². The summed E-state index contributed by atoms with van der Waals surface area (Å²) in [7, 11) is 4.06. The molecule has 0 N–H and O–H groups in total. The molecule has 0 atom stereocenters. The van der Waals surface area contributed by atoms with E-state index in [-0.39, 0.29) is 0 Å². The van der Waals surface area contributed by atoms with E-state index in [1.165, 1.54) is 0 Å². The monoisotopic (exact) mass is 842 g/mol. The number of aromatic nitrogens is 6. The van der Waals surface area contributed by atoms with Crippen molar-refractivity contribution < 1.29 is 9.47 Å². The van der Waals surface area contributed by atoms with Crippen LogP contribution in [0, 0.1) is 23.7 Å². The van der Waals surface area contributed by atoms with Crippen LogP contribution in [0.15, 0.2) is 146 Å². The van der Waals surface area contributed by atoms with Gasteiger partial charge in [-0.25, -0.2) is 19.9 Å². The van der Waals surface area contributed by atoms with Gasteiger partial charge in [0.25, 0.3) is 0 Å². The number of likely N-dealkylation sites (N-methyl/N-ethyl adjacent to an activating group) is 2. The Hall–Kier alpha value is -7.82. The van der Waals surface area contributed by atoms with Crippen LogP contribution in [-0.2, 0) is 0 Å². The summed E-state index contributed by atoms with van der Waals surface area (Å²) < 4.78 is 12.2. The number of unbranched alkanes of at least 4 members (excludes halogenated alkanes) is 5. The minimum Gasteiger partial charge on any atom is -0.492 e. The number of hydrogen-bond acceptors (Lipinski definition) is 10. The molecule has 10 nitrogen and oxygen atoms in total. The highest BCUT2D eigenvalue weighted by Gasteiger charge is 2.15. The molecule has 0 saturated heterocycles. The first-order chi connectivity index (χ1) is 31.6. The molecule has 0 spiro atoms. The van der Waals surface area contributed by atoms with Crippen molar-refractivity contribution in [3.8, 4) is 58.0 Å². The number of ether oxygens (including phenoxy) is 2. The maximum Gasteiger partial charge on any atom is 0.163 e. The lowest BCUT2D eigenvalue weighted by Crippen LogP contribution is -2.25. The maximum atomic E-state index is 6.10. The molecule has 64 heavy (non-hydrogen) atoms. The second-order valence-electron chi connectivity index (χ2n) is 15.4. The summed E-state index contributed by atoms with van der Waals surface area (Å²) in [6, 6.07) is 39.9. The van der Waals surface area contributed by atoms with E-state index >= 15 is 0 Å². The molecule has 0 bridgehead atoms. The number of nitrogens with zero attached hydrogens (tertiary/aromatic N) is 8. The summed E-state index contributed by atoms with van der Waals surface area (Å²) in [6.07, 6.45) is 13.3. The quantitative estimate of drug-likeness (QED) is 0.0650. The Morgan fingerprint density at radius 3 is 1.33 bits per heavy atom. The zero-order chi connectivity index (χ0) is 43.8. The summed E-state index contributed by atoms with van der Waals surface area (Å²) in [4.78, 5) is 32.1. The van der Waals surface area contributed by atoms with Crippen LogP contribution >= 0.6 is 0 Å². The van der Waals surface area contributed by atoms with Gasteiger partial charge in [-0.05, 0) is 110 Å². The number of benzene rings is 4. The first kappa shape index (κ1) is 42.9. The van der Waals surface area contributed by atoms with Gasteiger partial charge in [0.05, 0.1) is 24.1 Å². The van der Waals surface area contributed by atoms with E-state index in [9.17, 15) is 0 Å². The largest absolute Gasteiger partial charge is 0.492 e. The average molecular weight is 843 g/mol. The third kappa shape index (κ3) is 11.5. The smallest absolute Gasteiger partial charge is 0.163 e. The fraction of sp³-hybridized carbons (Fsp3) is 0.222. The lowest BCUT2D eigenvalue weighted by Gasteiger charge is -2.21. The molecule has 8 rings (SSSR count). The zero-order valence-electron chi connectivity index (χ0n) is 36.3. The number of rotatable bonds is 17. The molecule has 0 saturated carbocycles. The summed E-state index contributed by atoms with van der Waals surface area (Å²) in [5.41, 5.74) is 5.54. The van der Waals surface area contributed by atoms with Crippen molar-refractivity contribution in [3.05, 3.63) is 157 Å². The van der Waals surface area contributed by atoms with E-state index in [0.717, 1.165) is 106 Å². The third-order valence-corrected chi connectivity index (χ3v) is 10.6. The fourth-order valence-electron chi connectivity index (χ4n) is 7.14. The van der Waals surface area contributed by atoms with E-state index in [4.69, 9.17) is 29.4 Å². The van der Waals surface area contributed by atoms with Crippen LogP contribution in [0.25, 0.3) is 44.6 Å². The van der Waals surface area contributed by atoms with Gasteiger partial charge in [0.1, 0.15) is 36.3 Å².